The zero-order valence-corrected chi connectivity index (χ0v) is 19.7. The standard InChI is InChI=1S/C20H37N7O8/c1-10(28)16(19(33)26-13(20(34)35)6-8-15(24)30)27-18(32)12(4-2-3-9-21)25-17(31)11(22)5-7-14(23)29/h10-13,16,28H,2-9,21-22H2,1H3,(H2,23,29)(H2,24,30)(H,25,31)(H,26,33)(H,27,32)(H,34,35). The van der Waals surface area contributed by atoms with Gasteiger partial charge in [-0.1, -0.05) is 0 Å². The summed E-state index contributed by atoms with van der Waals surface area (Å²) in [6.45, 7) is 1.53. The molecule has 0 aromatic rings. The van der Waals surface area contributed by atoms with Crippen molar-refractivity contribution < 1.29 is 39.0 Å². The monoisotopic (exact) mass is 503 g/mol. The third-order valence-corrected chi connectivity index (χ3v) is 4.98. The summed E-state index contributed by atoms with van der Waals surface area (Å²) in [5, 5.41) is 26.2. The van der Waals surface area contributed by atoms with Crippen molar-refractivity contribution in [2.24, 2.45) is 22.9 Å². The highest BCUT2D eigenvalue weighted by Gasteiger charge is 2.32. The molecule has 0 aliphatic carbocycles. The molecule has 0 aromatic carbocycles. The number of nitrogens with two attached hydrogens (primary N) is 4. The molecule has 0 aromatic heterocycles. The molecular weight excluding hydrogens is 466 g/mol. The number of amides is 5. The lowest BCUT2D eigenvalue weighted by Gasteiger charge is -2.26. The van der Waals surface area contributed by atoms with Gasteiger partial charge in [0.15, 0.2) is 0 Å². The molecule has 35 heavy (non-hydrogen) atoms. The van der Waals surface area contributed by atoms with Crippen LogP contribution in [0.4, 0.5) is 0 Å². The number of aliphatic hydroxyl groups is 1. The maximum Gasteiger partial charge on any atom is 0.326 e. The number of carbonyl (C=O) groups is 6. The SMILES string of the molecule is CC(O)C(NC(=O)C(CCCCN)NC(=O)C(N)CCC(N)=O)C(=O)NC(CCC(N)=O)C(=O)O. The van der Waals surface area contributed by atoms with Crippen LogP contribution in [-0.2, 0) is 28.8 Å². The van der Waals surface area contributed by atoms with Crippen LogP contribution in [0.15, 0.2) is 0 Å². The number of aliphatic hydroxyl groups excluding tert-OH is 1. The molecule has 0 saturated carbocycles. The van der Waals surface area contributed by atoms with Gasteiger partial charge in [0.25, 0.3) is 0 Å². The van der Waals surface area contributed by atoms with Crippen LogP contribution in [0.5, 0.6) is 0 Å². The number of rotatable bonds is 18. The third-order valence-electron chi connectivity index (χ3n) is 4.98. The van der Waals surface area contributed by atoms with E-state index in [9.17, 15) is 39.0 Å². The summed E-state index contributed by atoms with van der Waals surface area (Å²) in [5.41, 5.74) is 21.3. The second-order valence-corrected chi connectivity index (χ2v) is 8.09. The number of unbranched alkanes of at least 4 members (excludes halogenated alkanes) is 1. The first-order chi connectivity index (χ1) is 16.3. The number of aliphatic carboxylic acids is 1. The highest BCUT2D eigenvalue weighted by Crippen LogP contribution is 2.06. The Morgan fingerprint density at radius 3 is 1.80 bits per heavy atom. The Bertz CT molecular complexity index is 762. The highest BCUT2D eigenvalue weighted by atomic mass is 16.4. The Morgan fingerprint density at radius 2 is 1.31 bits per heavy atom. The van der Waals surface area contributed by atoms with Gasteiger partial charge in [0, 0.05) is 12.8 Å². The Hall–Kier alpha value is -3.30. The summed E-state index contributed by atoms with van der Waals surface area (Å²) in [7, 11) is 0. The van der Waals surface area contributed by atoms with Gasteiger partial charge >= 0.3 is 5.97 Å². The van der Waals surface area contributed by atoms with Gasteiger partial charge in [-0.15, -0.1) is 0 Å². The minimum Gasteiger partial charge on any atom is -0.480 e. The summed E-state index contributed by atoms with van der Waals surface area (Å²) in [6, 6.07) is -5.34. The zero-order chi connectivity index (χ0) is 27.1. The van der Waals surface area contributed by atoms with Gasteiger partial charge in [-0.3, -0.25) is 24.0 Å². The summed E-state index contributed by atoms with van der Waals surface area (Å²) in [4.78, 5) is 71.1. The van der Waals surface area contributed by atoms with E-state index in [4.69, 9.17) is 22.9 Å². The van der Waals surface area contributed by atoms with Crippen molar-refractivity contribution in [3.63, 3.8) is 0 Å². The Kier molecular flexibility index (Phi) is 14.8. The van der Waals surface area contributed by atoms with Gasteiger partial charge in [-0.25, -0.2) is 4.79 Å². The fraction of sp³-hybridized carbons (Fsp3) is 0.700. The molecule has 13 N–H and O–H groups in total. The Balaban J connectivity index is 5.41. The average Bonchev–Trinajstić information content (AvgIpc) is 2.76. The van der Waals surface area contributed by atoms with Crippen LogP contribution in [0, 0.1) is 0 Å². The molecule has 5 unspecified atom stereocenters. The van der Waals surface area contributed by atoms with E-state index in [0.29, 0.717) is 19.4 Å². The Morgan fingerprint density at radius 1 is 0.771 bits per heavy atom. The number of hydrogen-bond acceptors (Lipinski definition) is 9. The number of carboxylic acid groups (broad SMARTS) is 1. The number of carbonyl (C=O) groups excluding carboxylic acids is 5. The first-order valence-corrected chi connectivity index (χ1v) is 11.1. The summed E-state index contributed by atoms with van der Waals surface area (Å²) in [6.07, 6.45) is -1.13. The average molecular weight is 504 g/mol. The highest BCUT2D eigenvalue weighted by molar-refractivity contribution is 5.94. The van der Waals surface area contributed by atoms with Crippen molar-refractivity contribution in [2.45, 2.75) is 82.1 Å². The topological polar surface area (TPSA) is 283 Å². The van der Waals surface area contributed by atoms with E-state index >= 15 is 0 Å². The quantitative estimate of drug-likeness (QED) is 0.0814. The summed E-state index contributed by atoms with van der Waals surface area (Å²) in [5.74, 6) is -5.43. The molecule has 0 radical (unpaired) electrons. The van der Waals surface area contributed by atoms with Crippen LogP contribution in [-0.4, -0.2) is 82.5 Å². The van der Waals surface area contributed by atoms with E-state index in [1.54, 1.807) is 0 Å². The van der Waals surface area contributed by atoms with Crippen LogP contribution in [0.2, 0.25) is 0 Å². The third kappa shape index (κ3) is 13.2. The number of nitrogens with one attached hydrogen (secondary N) is 3. The summed E-state index contributed by atoms with van der Waals surface area (Å²) < 4.78 is 0. The van der Waals surface area contributed by atoms with E-state index in [1.165, 1.54) is 6.92 Å². The van der Waals surface area contributed by atoms with Gasteiger partial charge < -0.3 is 49.1 Å². The molecule has 0 saturated heterocycles. The van der Waals surface area contributed by atoms with Gasteiger partial charge in [-0.05, 0) is 45.6 Å². The maximum absolute atomic E-state index is 12.9. The molecule has 15 heteroatoms. The van der Waals surface area contributed by atoms with Crippen molar-refractivity contribution in [3.05, 3.63) is 0 Å². The molecule has 0 aliphatic rings. The molecule has 15 nitrogen and oxygen atoms in total. The fourth-order valence-electron chi connectivity index (χ4n) is 2.93. The van der Waals surface area contributed by atoms with Gasteiger partial charge in [0.2, 0.25) is 29.5 Å². The lowest BCUT2D eigenvalue weighted by atomic mass is 10.0. The van der Waals surface area contributed by atoms with Crippen molar-refractivity contribution in [1.29, 1.82) is 0 Å². The zero-order valence-electron chi connectivity index (χ0n) is 19.7. The second-order valence-electron chi connectivity index (χ2n) is 8.09. The lowest BCUT2D eigenvalue weighted by Crippen LogP contribution is -2.59. The van der Waals surface area contributed by atoms with Crippen LogP contribution in [0.25, 0.3) is 0 Å². The van der Waals surface area contributed by atoms with E-state index < -0.39 is 65.8 Å². The normalized spacial score (nSPS) is 15.1. The number of hydrogen-bond donors (Lipinski definition) is 9. The molecule has 0 aliphatic heterocycles. The van der Waals surface area contributed by atoms with E-state index in [1.807, 2.05) is 0 Å². The first kappa shape index (κ1) is 31.7. The van der Waals surface area contributed by atoms with E-state index in [-0.39, 0.29) is 32.1 Å². The van der Waals surface area contributed by atoms with Gasteiger partial charge in [-0.2, -0.15) is 0 Å². The fourth-order valence-corrected chi connectivity index (χ4v) is 2.93. The molecule has 0 heterocycles. The second kappa shape index (κ2) is 16.3. The molecule has 0 bridgehead atoms. The smallest absolute Gasteiger partial charge is 0.326 e. The first-order valence-electron chi connectivity index (χ1n) is 11.1. The van der Waals surface area contributed by atoms with Crippen LogP contribution < -0.4 is 38.9 Å². The van der Waals surface area contributed by atoms with E-state index in [2.05, 4.69) is 16.0 Å². The molecule has 200 valence electrons. The van der Waals surface area contributed by atoms with Gasteiger partial charge in [0.05, 0.1) is 12.1 Å². The van der Waals surface area contributed by atoms with Crippen molar-refractivity contribution in [2.75, 3.05) is 6.54 Å². The van der Waals surface area contributed by atoms with Crippen LogP contribution in [0.3, 0.4) is 0 Å². The molecule has 5 amide bonds. The Labute approximate surface area is 202 Å². The number of carboxylic acids is 1. The minimum atomic E-state index is -1.57. The van der Waals surface area contributed by atoms with E-state index in [0.717, 1.165) is 0 Å². The molecular formula is C20H37N7O8. The molecule has 0 spiro atoms. The molecule has 5 atom stereocenters. The minimum absolute atomic E-state index is 0.0428. The largest absolute Gasteiger partial charge is 0.480 e. The van der Waals surface area contributed by atoms with Crippen LogP contribution >= 0.6 is 0 Å². The molecule has 0 rings (SSSR count). The predicted molar refractivity (Wildman–Crippen MR) is 123 cm³/mol. The van der Waals surface area contributed by atoms with Crippen LogP contribution in [0.1, 0.15) is 51.9 Å². The van der Waals surface area contributed by atoms with Crippen molar-refractivity contribution in [1.82, 2.24) is 16.0 Å². The van der Waals surface area contributed by atoms with Crippen molar-refractivity contribution in [3.8, 4) is 0 Å². The summed E-state index contributed by atoms with van der Waals surface area (Å²) >= 11 is 0. The molecule has 0 fully saturated rings. The predicted octanol–water partition coefficient (Wildman–Crippen LogP) is -4.11. The maximum atomic E-state index is 12.9. The lowest BCUT2D eigenvalue weighted by molar-refractivity contribution is -0.143. The van der Waals surface area contributed by atoms with Crippen molar-refractivity contribution >= 4 is 35.5 Å². The number of primary amides is 2. The van der Waals surface area contributed by atoms with Gasteiger partial charge in [0.1, 0.15) is 18.1 Å².